The van der Waals surface area contributed by atoms with E-state index in [-0.39, 0.29) is 5.91 Å². The van der Waals surface area contributed by atoms with Crippen molar-refractivity contribution >= 4 is 40.5 Å². The highest BCUT2D eigenvalue weighted by atomic mass is 35.5. The van der Waals surface area contributed by atoms with Gasteiger partial charge in [0.05, 0.1) is 0 Å². The Bertz CT molecular complexity index is 548. The lowest BCUT2D eigenvalue weighted by atomic mass is 10.1. The van der Waals surface area contributed by atoms with Crippen LogP contribution in [0.4, 0.5) is 5.69 Å². The molecule has 0 heterocycles. The van der Waals surface area contributed by atoms with Crippen molar-refractivity contribution in [1.82, 2.24) is 5.32 Å². The van der Waals surface area contributed by atoms with E-state index in [0.717, 1.165) is 24.1 Å². The van der Waals surface area contributed by atoms with Crippen LogP contribution in [0.1, 0.15) is 76.7 Å². The third-order valence-corrected chi connectivity index (χ3v) is 4.65. The fourth-order valence-electron chi connectivity index (χ4n) is 2.67. The molecule has 0 radical (unpaired) electrons. The summed E-state index contributed by atoms with van der Waals surface area (Å²) < 4.78 is 0. The van der Waals surface area contributed by atoms with Crippen LogP contribution in [0.3, 0.4) is 0 Å². The number of carbonyl (C=O) groups excluding carboxylic acids is 1. The first kappa shape index (κ1) is 21.9. The standard InChI is InChI=1S/C20H31ClN2OS/c1-3-4-5-6-7-8-9-10-11-12-19(24)23-20(25)22-18-15-17(21)14-13-16(18)2/h13-15H,3-12H2,1-2H3,(H2,22,23,24,25). The van der Waals surface area contributed by atoms with Crippen LogP contribution in [0.2, 0.25) is 5.02 Å². The van der Waals surface area contributed by atoms with Crippen molar-refractivity contribution in [2.45, 2.75) is 78.1 Å². The van der Waals surface area contributed by atoms with Crippen molar-refractivity contribution in [3.05, 3.63) is 28.8 Å². The number of benzene rings is 1. The van der Waals surface area contributed by atoms with Crippen molar-refractivity contribution in [2.24, 2.45) is 0 Å². The molecular formula is C20H31ClN2OS. The monoisotopic (exact) mass is 382 g/mol. The summed E-state index contributed by atoms with van der Waals surface area (Å²) in [5.74, 6) is -0.0277. The van der Waals surface area contributed by atoms with Gasteiger partial charge in [-0.2, -0.15) is 0 Å². The lowest BCUT2D eigenvalue weighted by Crippen LogP contribution is -2.34. The molecule has 1 amide bonds. The molecule has 0 aliphatic rings. The minimum Gasteiger partial charge on any atom is -0.332 e. The Morgan fingerprint density at radius 1 is 1.04 bits per heavy atom. The van der Waals surface area contributed by atoms with Crippen LogP contribution in [0.25, 0.3) is 0 Å². The number of hydrogen-bond donors (Lipinski definition) is 2. The molecule has 3 nitrogen and oxygen atoms in total. The Morgan fingerprint density at radius 3 is 2.28 bits per heavy atom. The topological polar surface area (TPSA) is 41.1 Å². The van der Waals surface area contributed by atoms with Crippen LogP contribution < -0.4 is 10.6 Å². The Labute approximate surface area is 162 Å². The Hall–Kier alpha value is -1.13. The van der Waals surface area contributed by atoms with Gasteiger partial charge in [0.2, 0.25) is 5.91 Å². The first-order chi connectivity index (χ1) is 12.0. The smallest absolute Gasteiger partial charge is 0.226 e. The third-order valence-electron chi connectivity index (χ3n) is 4.21. The van der Waals surface area contributed by atoms with E-state index in [2.05, 4.69) is 17.6 Å². The van der Waals surface area contributed by atoms with Crippen LogP contribution >= 0.6 is 23.8 Å². The molecule has 0 unspecified atom stereocenters. The van der Waals surface area contributed by atoms with Gasteiger partial charge in [0.1, 0.15) is 0 Å². The van der Waals surface area contributed by atoms with Gasteiger partial charge in [0.15, 0.2) is 5.11 Å². The number of anilines is 1. The van der Waals surface area contributed by atoms with Gasteiger partial charge in [-0.25, -0.2) is 0 Å². The second kappa shape index (κ2) is 13.1. The maximum absolute atomic E-state index is 11.9. The summed E-state index contributed by atoms with van der Waals surface area (Å²) in [6.45, 7) is 4.20. The average molecular weight is 383 g/mol. The SMILES string of the molecule is CCCCCCCCCCCC(=O)NC(=S)Nc1cc(Cl)ccc1C. The lowest BCUT2D eigenvalue weighted by molar-refractivity contribution is -0.119. The van der Waals surface area contributed by atoms with Crippen molar-refractivity contribution < 1.29 is 4.79 Å². The van der Waals surface area contributed by atoms with Crippen LogP contribution in [0.5, 0.6) is 0 Å². The largest absolute Gasteiger partial charge is 0.332 e. The van der Waals surface area contributed by atoms with Gasteiger partial charge in [-0.1, -0.05) is 76.0 Å². The Morgan fingerprint density at radius 2 is 1.64 bits per heavy atom. The number of nitrogens with one attached hydrogen (secondary N) is 2. The predicted molar refractivity (Wildman–Crippen MR) is 112 cm³/mol. The van der Waals surface area contributed by atoms with Crippen molar-refractivity contribution in [3.63, 3.8) is 0 Å². The van der Waals surface area contributed by atoms with Gasteiger partial charge in [-0.15, -0.1) is 0 Å². The number of hydrogen-bond acceptors (Lipinski definition) is 2. The molecule has 1 aromatic carbocycles. The van der Waals surface area contributed by atoms with Crippen LogP contribution in [-0.4, -0.2) is 11.0 Å². The molecule has 0 spiro atoms. The van der Waals surface area contributed by atoms with E-state index < -0.39 is 0 Å². The molecule has 1 aromatic rings. The third kappa shape index (κ3) is 10.5. The van der Waals surface area contributed by atoms with Gasteiger partial charge < -0.3 is 10.6 Å². The molecule has 0 saturated carbocycles. The average Bonchev–Trinajstić information content (AvgIpc) is 2.56. The fourth-order valence-corrected chi connectivity index (χ4v) is 3.06. The quantitative estimate of drug-likeness (QED) is 0.344. The number of amides is 1. The van der Waals surface area contributed by atoms with Gasteiger partial charge in [-0.3, -0.25) is 4.79 Å². The van der Waals surface area contributed by atoms with Crippen LogP contribution in [0, 0.1) is 6.92 Å². The molecule has 0 aliphatic carbocycles. The second-order valence-electron chi connectivity index (χ2n) is 6.54. The summed E-state index contributed by atoms with van der Waals surface area (Å²) in [6, 6.07) is 5.54. The highest BCUT2D eigenvalue weighted by Gasteiger charge is 2.06. The van der Waals surface area contributed by atoms with E-state index in [1.807, 2.05) is 19.1 Å². The number of rotatable bonds is 11. The molecule has 0 saturated heterocycles. The van der Waals surface area contributed by atoms with Crippen molar-refractivity contribution in [3.8, 4) is 0 Å². The van der Waals surface area contributed by atoms with Crippen molar-refractivity contribution in [1.29, 1.82) is 0 Å². The highest BCUT2D eigenvalue weighted by Crippen LogP contribution is 2.20. The van der Waals surface area contributed by atoms with E-state index in [4.69, 9.17) is 23.8 Å². The summed E-state index contributed by atoms with van der Waals surface area (Å²) in [5, 5.41) is 6.73. The van der Waals surface area contributed by atoms with E-state index in [1.165, 1.54) is 44.9 Å². The van der Waals surface area contributed by atoms with Gasteiger partial charge >= 0.3 is 0 Å². The number of thiocarbonyl (C=S) groups is 1. The number of unbranched alkanes of at least 4 members (excludes halogenated alkanes) is 8. The summed E-state index contributed by atoms with van der Waals surface area (Å²) >= 11 is 11.2. The Balaban J connectivity index is 2.11. The van der Waals surface area contributed by atoms with Crippen LogP contribution in [0.15, 0.2) is 18.2 Å². The number of aryl methyl sites for hydroxylation is 1. The molecule has 140 valence electrons. The summed E-state index contributed by atoms with van der Waals surface area (Å²) in [7, 11) is 0. The van der Waals surface area contributed by atoms with E-state index >= 15 is 0 Å². The molecule has 2 N–H and O–H groups in total. The minimum absolute atomic E-state index is 0.0277. The molecule has 0 fully saturated rings. The molecule has 1 rings (SSSR count). The van der Waals surface area contributed by atoms with E-state index in [0.29, 0.717) is 16.6 Å². The summed E-state index contributed by atoms with van der Waals surface area (Å²) in [5.41, 5.74) is 1.85. The first-order valence-electron chi connectivity index (χ1n) is 9.40. The predicted octanol–water partition coefficient (Wildman–Crippen LogP) is 6.38. The molecule has 0 atom stereocenters. The second-order valence-corrected chi connectivity index (χ2v) is 7.38. The van der Waals surface area contributed by atoms with E-state index in [9.17, 15) is 4.79 Å². The maximum Gasteiger partial charge on any atom is 0.226 e. The molecule has 0 bridgehead atoms. The first-order valence-corrected chi connectivity index (χ1v) is 10.2. The summed E-state index contributed by atoms with van der Waals surface area (Å²) in [6.07, 6.45) is 11.7. The van der Waals surface area contributed by atoms with Gasteiger partial charge in [-0.05, 0) is 43.3 Å². The number of carbonyl (C=O) groups is 1. The Kier molecular flexibility index (Phi) is 11.5. The van der Waals surface area contributed by atoms with Crippen LogP contribution in [-0.2, 0) is 4.79 Å². The molecule has 5 heteroatoms. The molecule has 25 heavy (non-hydrogen) atoms. The molecule has 0 aromatic heterocycles. The lowest BCUT2D eigenvalue weighted by Gasteiger charge is -2.12. The minimum atomic E-state index is -0.0277. The number of halogens is 1. The summed E-state index contributed by atoms with van der Waals surface area (Å²) in [4.78, 5) is 11.9. The fraction of sp³-hybridized carbons (Fsp3) is 0.600. The molecular weight excluding hydrogens is 352 g/mol. The zero-order valence-corrected chi connectivity index (χ0v) is 17.1. The van der Waals surface area contributed by atoms with E-state index in [1.54, 1.807) is 6.07 Å². The van der Waals surface area contributed by atoms with Gasteiger partial charge in [0, 0.05) is 17.1 Å². The zero-order valence-electron chi connectivity index (χ0n) is 15.5. The van der Waals surface area contributed by atoms with Gasteiger partial charge in [0.25, 0.3) is 0 Å². The maximum atomic E-state index is 11.9. The van der Waals surface area contributed by atoms with Crippen molar-refractivity contribution in [2.75, 3.05) is 5.32 Å². The highest BCUT2D eigenvalue weighted by molar-refractivity contribution is 7.80. The zero-order chi connectivity index (χ0) is 18.5. The molecule has 0 aliphatic heterocycles. The normalized spacial score (nSPS) is 10.5.